The molecule has 1 aromatic rings. The van der Waals surface area contributed by atoms with Crippen molar-refractivity contribution < 1.29 is 4.42 Å². The van der Waals surface area contributed by atoms with Gasteiger partial charge >= 0.3 is 0 Å². The summed E-state index contributed by atoms with van der Waals surface area (Å²) in [6, 6.07) is 2.01. The van der Waals surface area contributed by atoms with E-state index < -0.39 is 0 Å². The first-order valence-corrected chi connectivity index (χ1v) is 8.86. The van der Waals surface area contributed by atoms with Crippen LogP contribution in [-0.2, 0) is 6.42 Å². The van der Waals surface area contributed by atoms with Crippen molar-refractivity contribution in [3.8, 4) is 0 Å². The lowest BCUT2D eigenvalue weighted by molar-refractivity contribution is 0.501. The van der Waals surface area contributed by atoms with E-state index in [9.17, 15) is 0 Å². The van der Waals surface area contributed by atoms with Gasteiger partial charge in [0.2, 0.25) is 0 Å². The molecule has 0 amide bonds. The van der Waals surface area contributed by atoms with Crippen molar-refractivity contribution >= 4 is 22.6 Å². The highest BCUT2D eigenvalue weighted by molar-refractivity contribution is 9.10. The van der Waals surface area contributed by atoms with Crippen molar-refractivity contribution in [2.45, 2.75) is 75.7 Å². The van der Waals surface area contributed by atoms with Crippen LogP contribution < -0.4 is 0 Å². The number of halogens is 1. The summed E-state index contributed by atoms with van der Waals surface area (Å²) in [7, 11) is 0. The summed E-state index contributed by atoms with van der Waals surface area (Å²) in [5.74, 6) is 3.22. The van der Waals surface area contributed by atoms with Crippen LogP contribution in [0.1, 0.15) is 57.1 Å². The zero-order valence-corrected chi connectivity index (χ0v) is 13.3. The molecule has 0 aromatic carbocycles. The largest absolute Gasteiger partial charge is 0.468 e. The highest BCUT2D eigenvalue weighted by atomic mass is 79.9. The average molecular weight is 323 g/mol. The number of rotatable bonds is 4. The molecule has 1 nitrogen and oxygen atoms in total. The summed E-state index contributed by atoms with van der Waals surface area (Å²) in [5.41, 5.74) is 0. The third-order valence-electron chi connectivity index (χ3n) is 5.39. The topological polar surface area (TPSA) is 13.1 Å². The minimum atomic E-state index is 1.02. The molecule has 104 valence electrons. The fourth-order valence-electron chi connectivity index (χ4n) is 4.46. The molecule has 2 unspecified atom stereocenters. The first kappa shape index (κ1) is 13.8. The first-order chi connectivity index (χ1) is 9.34. The van der Waals surface area contributed by atoms with E-state index in [2.05, 4.69) is 15.9 Å². The molecule has 0 saturated carbocycles. The van der Waals surface area contributed by atoms with E-state index >= 15 is 0 Å². The van der Waals surface area contributed by atoms with E-state index in [-0.39, 0.29) is 0 Å². The van der Waals surface area contributed by atoms with Gasteiger partial charge in [0, 0.05) is 6.42 Å². The van der Waals surface area contributed by atoms with Gasteiger partial charge in [0.05, 0.1) is 10.7 Å². The highest BCUT2D eigenvalue weighted by Gasteiger charge is 2.36. The third kappa shape index (κ3) is 3.29. The minimum absolute atomic E-state index is 1.02. The fourth-order valence-corrected chi connectivity index (χ4v) is 4.86. The molecule has 3 rings (SSSR count). The number of hydrogen-bond acceptors (Lipinski definition) is 1. The maximum Gasteiger partial charge on any atom is 0.146 e. The van der Waals surface area contributed by atoms with Crippen LogP contribution in [0.3, 0.4) is 0 Å². The smallest absolute Gasteiger partial charge is 0.146 e. The van der Waals surface area contributed by atoms with Gasteiger partial charge in [-0.15, -0.1) is 0 Å². The number of furan rings is 1. The van der Waals surface area contributed by atoms with E-state index in [0.29, 0.717) is 0 Å². The average Bonchev–Trinajstić information content (AvgIpc) is 2.78. The molecule has 2 aliphatic heterocycles. The van der Waals surface area contributed by atoms with Gasteiger partial charge in [-0.2, -0.15) is 0 Å². The normalized spacial score (nSPS) is 27.3. The Hall–Kier alpha value is -0.175. The summed E-state index contributed by atoms with van der Waals surface area (Å²) in [6.07, 6.45) is 16.1. The number of aryl methyl sites for hydroxylation is 1. The summed E-state index contributed by atoms with van der Waals surface area (Å²) in [6.45, 7) is 1.02. The van der Waals surface area contributed by atoms with Crippen molar-refractivity contribution in [3.05, 3.63) is 22.6 Å². The van der Waals surface area contributed by atoms with Gasteiger partial charge in [-0.05, 0) is 22.0 Å². The van der Waals surface area contributed by atoms with Crippen LogP contribution in [0.5, 0.6) is 0 Å². The summed E-state index contributed by atoms with van der Waals surface area (Å²) < 4.78 is 6.67. The van der Waals surface area contributed by atoms with Gasteiger partial charge in [0.15, 0.2) is 0 Å². The van der Waals surface area contributed by atoms with Crippen molar-refractivity contribution in [2.75, 3.05) is 0 Å². The maximum absolute atomic E-state index is 5.53. The van der Waals surface area contributed by atoms with E-state index in [1.165, 1.54) is 57.7 Å². The standard InChI is InChI=1S/C16H24BBrO/c18-15-10-12-19-16(15)9-4-11-17-13-5-1-2-6-14(17)8-3-7-13/h10,12-14H,1-9,11H2. The Morgan fingerprint density at radius 1 is 1.11 bits per heavy atom. The second kappa shape index (κ2) is 6.52. The highest BCUT2D eigenvalue weighted by Crippen LogP contribution is 2.46. The molecular formula is C16H24BBrO. The lowest BCUT2D eigenvalue weighted by Crippen LogP contribution is -2.29. The Morgan fingerprint density at radius 2 is 1.79 bits per heavy atom. The maximum atomic E-state index is 5.53. The third-order valence-corrected chi connectivity index (χ3v) is 6.10. The molecule has 3 heteroatoms. The molecule has 0 radical (unpaired) electrons. The van der Waals surface area contributed by atoms with Crippen LogP contribution in [0.25, 0.3) is 0 Å². The van der Waals surface area contributed by atoms with Crippen LogP contribution in [-0.4, -0.2) is 6.71 Å². The van der Waals surface area contributed by atoms with Crippen LogP contribution in [0.15, 0.2) is 21.2 Å². The molecule has 19 heavy (non-hydrogen) atoms. The summed E-state index contributed by atoms with van der Waals surface area (Å²) in [4.78, 5) is 0. The van der Waals surface area contributed by atoms with E-state index in [4.69, 9.17) is 4.42 Å². The molecule has 0 N–H and O–H groups in total. The monoisotopic (exact) mass is 322 g/mol. The van der Waals surface area contributed by atoms with Gasteiger partial charge in [0.1, 0.15) is 12.5 Å². The quantitative estimate of drug-likeness (QED) is 0.622. The molecule has 0 aliphatic carbocycles. The van der Waals surface area contributed by atoms with Crippen LogP contribution in [0, 0.1) is 0 Å². The molecular weight excluding hydrogens is 299 g/mol. The van der Waals surface area contributed by atoms with Gasteiger partial charge in [0.25, 0.3) is 0 Å². The number of hydrogen-bond donors (Lipinski definition) is 0. The van der Waals surface area contributed by atoms with Crippen molar-refractivity contribution in [1.82, 2.24) is 0 Å². The second-order valence-corrected chi connectivity index (χ2v) is 7.34. The van der Waals surface area contributed by atoms with E-state index in [1.54, 1.807) is 6.26 Å². The predicted octanol–water partition coefficient (Wildman–Crippen LogP) is 5.97. The molecule has 2 fully saturated rings. The minimum Gasteiger partial charge on any atom is -0.468 e. The lowest BCUT2D eigenvalue weighted by Gasteiger charge is -2.34. The molecule has 2 saturated heterocycles. The van der Waals surface area contributed by atoms with Crippen molar-refractivity contribution in [3.63, 3.8) is 0 Å². The second-order valence-electron chi connectivity index (χ2n) is 6.48. The van der Waals surface area contributed by atoms with Crippen molar-refractivity contribution in [1.29, 1.82) is 0 Å². The Morgan fingerprint density at radius 3 is 2.42 bits per heavy atom. The van der Waals surface area contributed by atoms with E-state index in [0.717, 1.165) is 35.0 Å². The molecule has 2 aliphatic rings. The van der Waals surface area contributed by atoms with E-state index in [1.807, 2.05) is 6.07 Å². The first-order valence-electron chi connectivity index (χ1n) is 8.06. The Bertz CT molecular complexity index is 389. The van der Waals surface area contributed by atoms with Gasteiger partial charge < -0.3 is 4.42 Å². The lowest BCUT2D eigenvalue weighted by atomic mass is 9.28. The van der Waals surface area contributed by atoms with Gasteiger partial charge in [-0.3, -0.25) is 0 Å². The molecule has 0 spiro atoms. The fraction of sp³-hybridized carbons (Fsp3) is 0.750. The number of fused-ring (bicyclic) bond motifs is 2. The Labute approximate surface area is 125 Å². The molecule has 1 aromatic heterocycles. The molecule has 2 atom stereocenters. The van der Waals surface area contributed by atoms with Gasteiger partial charge in [-0.1, -0.05) is 69.3 Å². The molecule has 3 heterocycles. The van der Waals surface area contributed by atoms with Crippen molar-refractivity contribution in [2.24, 2.45) is 0 Å². The van der Waals surface area contributed by atoms with Crippen LogP contribution >= 0.6 is 15.9 Å². The van der Waals surface area contributed by atoms with Crippen LogP contribution in [0.4, 0.5) is 0 Å². The van der Waals surface area contributed by atoms with Gasteiger partial charge in [-0.25, -0.2) is 0 Å². The predicted molar refractivity (Wildman–Crippen MR) is 85.1 cm³/mol. The zero-order chi connectivity index (χ0) is 13.1. The SMILES string of the molecule is Brc1ccoc1CCCB1C2CCCCC1CCC2. The Kier molecular flexibility index (Phi) is 4.73. The zero-order valence-electron chi connectivity index (χ0n) is 11.7. The Balaban J connectivity index is 1.55. The van der Waals surface area contributed by atoms with Crippen LogP contribution in [0.2, 0.25) is 18.0 Å². The summed E-state index contributed by atoms with van der Waals surface area (Å²) in [5, 5.41) is 0. The molecule has 2 bridgehead atoms. The summed E-state index contributed by atoms with van der Waals surface area (Å²) >= 11 is 3.56.